The van der Waals surface area contributed by atoms with Crippen LogP contribution in [0.2, 0.25) is 0 Å². The zero-order chi connectivity index (χ0) is 29.8. The zero-order valence-corrected chi connectivity index (χ0v) is 25.7. The summed E-state index contributed by atoms with van der Waals surface area (Å²) in [6.07, 6.45) is 7.58. The summed E-state index contributed by atoms with van der Waals surface area (Å²) in [5, 5.41) is 8.62. The third kappa shape index (κ3) is 6.82. The Kier molecular flexibility index (Phi) is 9.24. The van der Waals surface area contributed by atoms with E-state index < -0.39 is 0 Å². The van der Waals surface area contributed by atoms with E-state index in [9.17, 15) is 9.59 Å². The largest absolute Gasteiger partial charge is 0.348 e. The summed E-state index contributed by atoms with van der Waals surface area (Å²) >= 11 is 0. The topological polar surface area (TPSA) is 86.3 Å². The average Bonchev–Trinajstić information content (AvgIpc) is 3.62. The molecule has 5 rings (SSSR count). The Morgan fingerprint density at radius 3 is 2.45 bits per heavy atom. The molecule has 0 radical (unpaired) electrons. The summed E-state index contributed by atoms with van der Waals surface area (Å²) < 4.78 is 2.12. The summed E-state index contributed by atoms with van der Waals surface area (Å²) in [4.78, 5) is 33.6. The van der Waals surface area contributed by atoms with E-state index >= 15 is 0 Å². The van der Waals surface area contributed by atoms with Crippen LogP contribution in [0.1, 0.15) is 70.9 Å². The van der Waals surface area contributed by atoms with Crippen molar-refractivity contribution in [3.63, 3.8) is 0 Å². The van der Waals surface area contributed by atoms with Crippen LogP contribution in [-0.2, 0) is 13.1 Å². The maximum atomic E-state index is 13.7. The van der Waals surface area contributed by atoms with Crippen LogP contribution in [0.4, 0.5) is 0 Å². The van der Waals surface area contributed by atoms with E-state index in [-0.39, 0.29) is 18.0 Å². The Balaban J connectivity index is 1.42. The fourth-order valence-corrected chi connectivity index (χ4v) is 6.15. The van der Waals surface area contributed by atoms with Crippen LogP contribution in [0.3, 0.4) is 0 Å². The first-order valence-corrected chi connectivity index (χ1v) is 15.1. The van der Waals surface area contributed by atoms with E-state index in [1.54, 1.807) is 0 Å². The number of aryl methyl sites for hydroxylation is 2. The number of carbonyl (C=O) groups is 1. The Morgan fingerprint density at radius 1 is 1.02 bits per heavy atom. The highest BCUT2D eigenvalue weighted by molar-refractivity contribution is 6.08. The normalized spacial score (nSPS) is 14.0. The van der Waals surface area contributed by atoms with Gasteiger partial charge in [-0.15, -0.1) is 0 Å². The van der Waals surface area contributed by atoms with Crippen molar-refractivity contribution in [3.8, 4) is 11.1 Å². The number of nitrogens with one attached hydrogen (secondary N) is 2. The Labute approximate surface area is 248 Å². The molecule has 8 heteroatoms. The van der Waals surface area contributed by atoms with Gasteiger partial charge < -0.3 is 20.1 Å². The highest BCUT2D eigenvalue weighted by atomic mass is 16.1. The molecule has 0 unspecified atom stereocenters. The van der Waals surface area contributed by atoms with Crippen LogP contribution in [0.5, 0.6) is 0 Å². The third-order valence-electron chi connectivity index (χ3n) is 8.44. The monoisotopic (exact) mass is 568 g/mol. The fourth-order valence-electron chi connectivity index (χ4n) is 6.15. The number of benzene rings is 2. The lowest BCUT2D eigenvalue weighted by Gasteiger charge is -2.18. The Bertz CT molecular complexity index is 1600. The molecule has 1 saturated carbocycles. The number of carbonyl (C=O) groups excluding carboxylic acids is 1. The van der Waals surface area contributed by atoms with Gasteiger partial charge in [-0.3, -0.25) is 14.3 Å². The molecule has 2 heterocycles. The Hall–Kier alpha value is -3.75. The molecule has 8 nitrogen and oxygen atoms in total. The summed E-state index contributed by atoms with van der Waals surface area (Å²) in [6.45, 7) is 6.96. The molecule has 2 N–H and O–H groups in total. The van der Waals surface area contributed by atoms with Gasteiger partial charge in [0.2, 0.25) is 0 Å². The number of H-pyrrole nitrogens is 1. The smallest absolute Gasteiger partial charge is 0.253 e. The predicted octanol–water partition coefficient (Wildman–Crippen LogP) is 5.44. The minimum absolute atomic E-state index is 0.163. The van der Waals surface area contributed by atoms with Crippen LogP contribution in [0.15, 0.2) is 53.5 Å². The van der Waals surface area contributed by atoms with E-state index in [1.165, 1.54) is 18.4 Å². The SMILES string of the molecule is Cc1cc(C)c(CNC(=O)c2cc(-c3ccc(CN(C)CCCN(C)C)cc3)cc3c2cnn3C2CCCC2)c(=O)[nH]1. The van der Waals surface area contributed by atoms with Crippen LogP contribution >= 0.6 is 0 Å². The van der Waals surface area contributed by atoms with Gasteiger partial charge in [0.05, 0.1) is 23.3 Å². The quantitative estimate of drug-likeness (QED) is 0.252. The molecule has 1 aliphatic rings. The summed E-state index contributed by atoms with van der Waals surface area (Å²) in [5.41, 5.74) is 6.97. The molecule has 4 aromatic rings. The molecule has 0 saturated heterocycles. The predicted molar refractivity (Wildman–Crippen MR) is 170 cm³/mol. The number of rotatable bonds is 11. The molecule has 0 aliphatic heterocycles. The molecular weight excluding hydrogens is 524 g/mol. The molecule has 222 valence electrons. The molecule has 2 aromatic carbocycles. The highest BCUT2D eigenvalue weighted by Gasteiger charge is 2.23. The van der Waals surface area contributed by atoms with Crippen LogP contribution in [0, 0.1) is 13.8 Å². The fraction of sp³-hybridized carbons (Fsp3) is 0.441. The second-order valence-electron chi connectivity index (χ2n) is 12.2. The lowest BCUT2D eigenvalue weighted by molar-refractivity contribution is 0.0952. The van der Waals surface area contributed by atoms with Gasteiger partial charge in [0.1, 0.15) is 0 Å². The number of aromatic amines is 1. The van der Waals surface area contributed by atoms with Crippen molar-refractivity contribution in [3.05, 3.63) is 87.0 Å². The standard InChI is InChI=1S/C34H44N6O2/c1-23-17-24(2)37-34(42)30(23)20-35-33(41)29-18-27(19-32-31(29)21-36-40(32)28-9-6-7-10-28)26-13-11-25(12-14-26)22-39(5)16-8-15-38(3)4/h11-14,17-19,21,28H,6-10,15-16,20,22H2,1-5H3,(H,35,41)(H,37,42). The number of hydrogen-bond acceptors (Lipinski definition) is 5. The van der Waals surface area contributed by atoms with Gasteiger partial charge in [-0.05, 0) is 108 Å². The van der Waals surface area contributed by atoms with Crippen molar-refractivity contribution >= 4 is 16.8 Å². The number of nitrogens with zero attached hydrogens (tertiary/aromatic N) is 4. The van der Waals surface area contributed by atoms with Crippen molar-refractivity contribution in [1.82, 2.24) is 29.9 Å². The van der Waals surface area contributed by atoms with E-state index in [4.69, 9.17) is 5.10 Å². The summed E-state index contributed by atoms with van der Waals surface area (Å²) in [6, 6.07) is 15.1. The van der Waals surface area contributed by atoms with Gasteiger partial charge in [0.15, 0.2) is 0 Å². The van der Waals surface area contributed by atoms with Crippen molar-refractivity contribution in [2.24, 2.45) is 0 Å². The van der Waals surface area contributed by atoms with E-state index in [0.29, 0.717) is 17.2 Å². The van der Waals surface area contributed by atoms with Crippen LogP contribution in [-0.4, -0.2) is 64.7 Å². The van der Waals surface area contributed by atoms with E-state index in [2.05, 4.69) is 76.3 Å². The highest BCUT2D eigenvalue weighted by Crippen LogP contribution is 2.35. The number of amides is 1. The van der Waals surface area contributed by atoms with E-state index in [1.807, 2.05) is 32.2 Å². The second kappa shape index (κ2) is 13.0. The number of pyridine rings is 1. The van der Waals surface area contributed by atoms with Crippen LogP contribution < -0.4 is 10.9 Å². The summed E-state index contributed by atoms with van der Waals surface area (Å²) in [7, 11) is 6.38. The first-order valence-electron chi connectivity index (χ1n) is 15.1. The lowest BCUT2D eigenvalue weighted by atomic mass is 9.98. The average molecular weight is 569 g/mol. The van der Waals surface area contributed by atoms with Crippen molar-refractivity contribution in [1.29, 1.82) is 0 Å². The zero-order valence-electron chi connectivity index (χ0n) is 25.7. The van der Waals surface area contributed by atoms with Gasteiger partial charge in [0, 0.05) is 29.7 Å². The van der Waals surface area contributed by atoms with Gasteiger partial charge >= 0.3 is 0 Å². The van der Waals surface area contributed by atoms with Gasteiger partial charge in [-0.25, -0.2) is 0 Å². The number of hydrogen-bond donors (Lipinski definition) is 2. The molecular formula is C34H44N6O2. The molecule has 2 aromatic heterocycles. The first-order chi connectivity index (χ1) is 20.2. The van der Waals surface area contributed by atoms with E-state index in [0.717, 1.165) is 72.2 Å². The molecule has 0 bridgehead atoms. The van der Waals surface area contributed by atoms with Crippen LogP contribution in [0.25, 0.3) is 22.0 Å². The molecule has 0 spiro atoms. The van der Waals surface area contributed by atoms with Gasteiger partial charge in [0.25, 0.3) is 11.5 Å². The molecule has 1 aliphatic carbocycles. The molecule has 42 heavy (non-hydrogen) atoms. The maximum Gasteiger partial charge on any atom is 0.253 e. The lowest BCUT2D eigenvalue weighted by Crippen LogP contribution is -2.28. The molecule has 0 atom stereocenters. The number of fused-ring (bicyclic) bond motifs is 1. The van der Waals surface area contributed by atoms with Crippen molar-refractivity contribution in [2.45, 2.75) is 65.1 Å². The number of aromatic nitrogens is 3. The van der Waals surface area contributed by atoms with Crippen molar-refractivity contribution < 1.29 is 4.79 Å². The minimum Gasteiger partial charge on any atom is -0.348 e. The first kappa shape index (κ1) is 29.7. The Morgan fingerprint density at radius 2 is 1.76 bits per heavy atom. The van der Waals surface area contributed by atoms with Gasteiger partial charge in [-0.2, -0.15) is 5.10 Å². The molecule has 1 fully saturated rings. The van der Waals surface area contributed by atoms with Gasteiger partial charge in [-0.1, -0.05) is 37.1 Å². The van der Waals surface area contributed by atoms with Crippen molar-refractivity contribution in [2.75, 3.05) is 34.2 Å². The maximum absolute atomic E-state index is 13.7. The third-order valence-corrected chi connectivity index (χ3v) is 8.44. The summed E-state index contributed by atoms with van der Waals surface area (Å²) in [5.74, 6) is -0.205. The minimum atomic E-state index is -0.205. The molecule has 1 amide bonds. The second-order valence-corrected chi connectivity index (χ2v) is 12.2.